The van der Waals surface area contributed by atoms with Crippen LogP contribution in [-0.2, 0) is 5.41 Å². The van der Waals surface area contributed by atoms with Gasteiger partial charge in [0.1, 0.15) is 0 Å². The molecule has 1 aliphatic heterocycles. The highest BCUT2D eigenvalue weighted by Gasteiger charge is 2.33. The molecule has 0 radical (unpaired) electrons. The Balaban J connectivity index is 1.12. The predicted molar refractivity (Wildman–Crippen MR) is 215 cm³/mol. The fraction of sp³-hybridized carbons (Fsp3) is 0.0851. The molecule has 5 heteroatoms. The summed E-state index contributed by atoms with van der Waals surface area (Å²) in [5, 5.41) is 8.62. The average Bonchev–Trinajstić information content (AvgIpc) is 3.30. The third-order valence-corrected chi connectivity index (χ3v) is 10.7. The summed E-state index contributed by atoms with van der Waals surface area (Å²) in [5.74, 6) is 1.91. The summed E-state index contributed by atoms with van der Waals surface area (Å²) >= 11 is 0. The molecule has 1 N–H and O–H groups in total. The Morgan fingerprint density at radius 1 is 0.596 bits per heavy atom. The fourth-order valence-corrected chi connectivity index (χ4v) is 7.98. The van der Waals surface area contributed by atoms with Gasteiger partial charge in [0, 0.05) is 38.4 Å². The molecule has 0 unspecified atom stereocenters. The maximum absolute atomic E-state index is 5.14. The molecule has 10 rings (SSSR count). The molecule has 2 aliphatic rings. The number of aromatic nitrogens is 4. The Labute approximate surface area is 302 Å². The van der Waals surface area contributed by atoms with Gasteiger partial charge in [0.25, 0.3) is 0 Å². The number of benzene rings is 6. The molecule has 0 saturated heterocycles. The molecule has 52 heavy (non-hydrogen) atoms. The molecule has 0 saturated carbocycles. The van der Waals surface area contributed by atoms with Crippen LogP contribution in [0.25, 0.3) is 66.6 Å². The molecule has 0 spiro atoms. The van der Waals surface area contributed by atoms with Gasteiger partial charge in [-0.25, -0.2) is 4.98 Å². The SMILES string of the molecule is CC1(C)c2cc(-c3ccc4c(c3)c3ccccc3n4-c3nc(C4=CCC=CC=C4)nc(-c4ccccc4)n3)ccc2Nc2c1ccc1ccccc21. The minimum atomic E-state index is -0.180. The van der Waals surface area contributed by atoms with Crippen LogP contribution in [0.15, 0.2) is 158 Å². The standard InChI is InChI=1S/C47H35N5/c1-47(2)38-25-22-30-14-10-11-19-35(30)43(38)48-40-26-23-34(29-39(40)47)33-24-27-42-37(28-33)36-20-12-13-21-41(36)52(42)46-50-44(31-15-6-3-4-7-16-31)49-45(51-46)32-17-8-5-9-18-32/h3-6,8-29,48H,7H2,1-2H3. The molecule has 2 aromatic heterocycles. The van der Waals surface area contributed by atoms with Crippen LogP contribution in [0.4, 0.5) is 11.4 Å². The third-order valence-electron chi connectivity index (χ3n) is 10.7. The molecule has 248 valence electrons. The van der Waals surface area contributed by atoms with Crippen molar-refractivity contribution < 1.29 is 0 Å². The minimum absolute atomic E-state index is 0.180. The first kappa shape index (κ1) is 30.3. The van der Waals surface area contributed by atoms with Crippen LogP contribution in [0.1, 0.15) is 37.2 Å². The Kier molecular flexibility index (Phi) is 6.83. The molecule has 8 aromatic rings. The van der Waals surface area contributed by atoms with Crippen molar-refractivity contribution in [2.75, 3.05) is 5.32 Å². The number of nitrogens with one attached hydrogen (secondary N) is 1. The number of anilines is 2. The van der Waals surface area contributed by atoms with Gasteiger partial charge in [-0.3, -0.25) is 4.57 Å². The van der Waals surface area contributed by atoms with Crippen molar-refractivity contribution in [3.05, 3.63) is 175 Å². The molecule has 0 atom stereocenters. The summed E-state index contributed by atoms with van der Waals surface area (Å²) in [7, 11) is 0. The summed E-state index contributed by atoms with van der Waals surface area (Å²) in [4.78, 5) is 15.2. The highest BCUT2D eigenvalue weighted by Crippen LogP contribution is 2.49. The Hall–Kier alpha value is -6.59. The molecule has 1 aliphatic carbocycles. The lowest BCUT2D eigenvalue weighted by atomic mass is 9.73. The maximum atomic E-state index is 5.14. The van der Waals surface area contributed by atoms with Gasteiger partial charge in [0.05, 0.1) is 16.7 Å². The van der Waals surface area contributed by atoms with E-state index >= 15 is 0 Å². The molecule has 0 bridgehead atoms. The van der Waals surface area contributed by atoms with Crippen molar-refractivity contribution >= 4 is 49.5 Å². The van der Waals surface area contributed by atoms with E-state index in [0.29, 0.717) is 17.6 Å². The van der Waals surface area contributed by atoms with Crippen molar-refractivity contribution in [1.82, 2.24) is 19.5 Å². The fourth-order valence-electron chi connectivity index (χ4n) is 7.98. The zero-order valence-electron chi connectivity index (χ0n) is 29.0. The Morgan fingerprint density at radius 2 is 1.35 bits per heavy atom. The van der Waals surface area contributed by atoms with Crippen LogP contribution in [-0.4, -0.2) is 19.5 Å². The van der Waals surface area contributed by atoms with Crippen LogP contribution >= 0.6 is 0 Å². The first-order chi connectivity index (χ1) is 25.5. The van der Waals surface area contributed by atoms with E-state index in [-0.39, 0.29) is 5.41 Å². The van der Waals surface area contributed by atoms with Gasteiger partial charge in [-0.05, 0) is 64.4 Å². The second kappa shape index (κ2) is 11.7. The first-order valence-electron chi connectivity index (χ1n) is 17.9. The summed E-state index contributed by atoms with van der Waals surface area (Å²) < 4.78 is 2.19. The van der Waals surface area contributed by atoms with E-state index in [4.69, 9.17) is 15.0 Å². The topological polar surface area (TPSA) is 55.6 Å². The van der Waals surface area contributed by atoms with Gasteiger partial charge in [-0.1, -0.05) is 141 Å². The molecule has 0 amide bonds. The smallest absolute Gasteiger partial charge is 0.238 e. The van der Waals surface area contributed by atoms with Gasteiger partial charge in [-0.15, -0.1) is 0 Å². The monoisotopic (exact) mass is 669 g/mol. The average molecular weight is 670 g/mol. The maximum Gasteiger partial charge on any atom is 0.238 e. The molecular weight excluding hydrogens is 635 g/mol. The minimum Gasteiger partial charge on any atom is -0.355 e. The number of hydrogen-bond acceptors (Lipinski definition) is 4. The van der Waals surface area contributed by atoms with Gasteiger partial charge < -0.3 is 5.32 Å². The van der Waals surface area contributed by atoms with Crippen LogP contribution in [0, 0.1) is 0 Å². The number of fused-ring (bicyclic) bond motifs is 7. The van der Waals surface area contributed by atoms with E-state index in [1.807, 2.05) is 24.3 Å². The highest BCUT2D eigenvalue weighted by atomic mass is 15.2. The summed E-state index contributed by atoms with van der Waals surface area (Å²) in [5.41, 5.74) is 11.2. The third kappa shape index (κ3) is 4.81. The van der Waals surface area contributed by atoms with Crippen LogP contribution in [0.2, 0.25) is 0 Å². The van der Waals surface area contributed by atoms with Gasteiger partial charge in [0.2, 0.25) is 5.95 Å². The largest absolute Gasteiger partial charge is 0.355 e. The lowest BCUT2D eigenvalue weighted by Gasteiger charge is -2.36. The van der Waals surface area contributed by atoms with E-state index in [1.165, 1.54) is 38.7 Å². The van der Waals surface area contributed by atoms with Crippen molar-refractivity contribution in [2.45, 2.75) is 25.7 Å². The van der Waals surface area contributed by atoms with Crippen molar-refractivity contribution in [1.29, 1.82) is 0 Å². The quantitative estimate of drug-likeness (QED) is 0.203. The van der Waals surface area contributed by atoms with Crippen molar-refractivity contribution in [3.63, 3.8) is 0 Å². The Morgan fingerprint density at radius 3 is 2.25 bits per heavy atom. The second-order valence-electron chi connectivity index (χ2n) is 14.1. The van der Waals surface area contributed by atoms with Crippen molar-refractivity contribution in [2.24, 2.45) is 0 Å². The van der Waals surface area contributed by atoms with Gasteiger partial charge in [-0.2, -0.15) is 9.97 Å². The zero-order chi connectivity index (χ0) is 34.8. The van der Waals surface area contributed by atoms with E-state index in [9.17, 15) is 0 Å². The normalized spacial score (nSPS) is 14.5. The molecule has 3 heterocycles. The van der Waals surface area contributed by atoms with Crippen molar-refractivity contribution in [3.8, 4) is 28.5 Å². The van der Waals surface area contributed by atoms with E-state index in [2.05, 4.69) is 157 Å². The molecular formula is C47H35N5. The van der Waals surface area contributed by atoms with E-state index < -0.39 is 0 Å². The number of nitrogens with zero attached hydrogens (tertiary/aromatic N) is 4. The van der Waals surface area contributed by atoms with Gasteiger partial charge in [0.15, 0.2) is 11.6 Å². The molecule has 6 aromatic carbocycles. The summed E-state index contributed by atoms with van der Waals surface area (Å²) in [6.45, 7) is 4.68. The zero-order valence-corrected chi connectivity index (χ0v) is 29.0. The Bertz CT molecular complexity index is 2820. The second-order valence-corrected chi connectivity index (χ2v) is 14.1. The molecule has 5 nitrogen and oxygen atoms in total. The number of para-hydroxylation sites is 1. The number of rotatable bonds is 4. The first-order valence-corrected chi connectivity index (χ1v) is 17.9. The van der Waals surface area contributed by atoms with E-state index in [0.717, 1.165) is 45.1 Å². The lowest BCUT2D eigenvalue weighted by molar-refractivity contribution is 0.639. The number of hydrogen-bond donors (Lipinski definition) is 1. The van der Waals surface area contributed by atoms with Crippen LogP contribution in [0.3, 0.4) is 0 Å². The highest BCUT2D eigenvalue weighted by molar-refractivity contribution is 6.10. The van der Waals surface area contributed by atoms with Gasteiger partial charge >= 0.3 is 0 Å². The van der Waals surface area contributed by atoms with Crippen LogP contribution < -0.4 is 5.32 Å². The summed E-state index contributed by atoms with van der Waals surface area (Å²) in [6.07, 6.45) is 11.3. The number of allylic oxidation sites excluding steroid dienone is 6. The van der Waals surface area contributed by atoms with Crippen LogP contribution in [0.5, 0.6) is 0 Å². The predicted octanol–water partition coefficient (Wildman–Crippen LogP) is 11.7. The van der Waals surface area contributed by atoms with E-state index in [1.54, 1.807) is 0 Å². The lowest BCUT2D eigenvalue weighted by Crippen LogP contribution is -2.26. The summed E-state index contributed by atoms with van der Waals surface area (Å²) in [6, 6.07) is 45.5. The molecule has 0 fully saturated rings.